The summed E-state index contributed by atoms with van der Waals surface area (Å²) in [6.45, 7) is 1.88. The number of methoxy groups -OCH3 is 2. The van der Waals surface area contributed by atoms with Crippen LogP contribution in [0.1, 0.15) is 39.0 Å². The molecule has 0 spiro atoms. The number of hydrogen-bond acceptors (Lipinski definition) is 4. The van der Waals surface area contributed by atoms with E-state index in [-0.39, 0.29) is 0 Å². The summed E-state index contributed by atoms with van der Waals surface area (Å²) in [5.74, 6) is -0.675. The molecule has 4 heteroatoms. The van der Waals surface area contributed by atoms with Crippen molar-refractivity contribution in [3.63, 3.8) is 0 Å². The second-order valence-electron chi connectivity index (χ2n) is 5.49. The van der Waals surface area contributed by atoms with Crippen molar-refractivity contribution < 1.29 is 14.6 Å². The molecule has 2 atom stereocenters. The van der Waals surface area contributed by atoms with Crippen LogP contribution in [0.5, 0.6) is 0 Å². The highest BCUT2D eigenvalue weighted by atomic mass is 16.7. The van der Waals surface area contributed by atoms with Crippen molar-refractivity contribution >= 4 is 0 Å². The highest BCUT2D eigenvalue weighted by molar-refractivity contribution is 5.01. The minimum atomic E-state index is -0.675. The van der Waals surface area contributed by atoms with E-state index in [1.54, 1.807) is 14.2 Å². The van der Waals surface area contributed by atoms with E-state index in [1.165, 1.54) is 12.8 Å². The molecular weight excluding hydrogens is 206 g/mol. The SMILES string of the molecule is COC(C)(CC1(O)CC2CCC(C1)N2)OC. The van der Waals surface area contributed by atoms with Gasteiger partial charge >= 0.3 is 0 Å². The molecule has 94 valence electrons. The van der Waals surface area contributed by atoms with Crippen molar-refractivity contribution in [3.05, 3.63) is 0 Å². The Kier molecular flexibility index (Phi) is 3.27. The lowest BCUT2D eigenvalue weighted by molar-refractivity contribution is -0.227. The molecule has 0 aliphatic carbocycles. The van der Waals surface area contributed by atoms with E-state index < -0.39 is 11.4 Å². The molecule has 2 bridgehead atoms. The van der Waals surface area contributed by atoms with Gasteiger partial charge in [-0.05, 0) is 32.6 Å². The minimum absolute atomic E-state index is 0.474. The largest absolute Gasteiger partial charge is 0.390 e. The van der Waals surface area contributed by atoms with Gasteiger partial charge in [0.1, 0.15) is 0 Å². The summed E-state index contributed by atoms with van der Waals surface area (Å²) < 4.78 is 10.7. The zero-order valence-corrected chi connectivity index (χ0v) is 10.5. The smallest absolute Gasteiger partial charge is 0.167 e. The molecule has 2 aliphatic heterocycles. The first-order chi connectivity index (χ1) is 7.49. The number of ether oxygens (including phenoxy) is 2. The van der Waals surface area contributed by atoms with Crippen molar-refractivity contribution in [2.75, 3.05) is 14.2 Å². The molecule has 2 aliphatic rings. The molecular formula is C12H23NO3. The first-order valence-electron chi connectivity index (χ1n) is 6.07. The summed E-state index contributed by atoms with van der Waals surface area (Å²) in [6, 6.07) is 0.948. The molecule has 2 rings (SSSR count). The van der Waals surface area contributed by atoms with E-state index >= 15 is 0 Å². The zero-order valence-electron chi connectivity index (χ0n) is 10.5. The molecule has 2 saturated heterocycles. The fourth-order valence-corrected chi connectivity index (χ4v) is 3.19. The lowest BCUT2D eigenvalue weighted by Crippen LogP contribution is -2.52. The average molecular weight is 229 g/mol. The molecule has 16 heavy (non-hydrogen) atoms. The van der Waals surface area contributed by atoms with Gasteiger partial charge in [0.05, 0.1) is 5.60 Å². The van der Waals surface area contributed by atoms with Gasteiger partial charge in [-0.15, -0.1) is 0 Å². The van der Waals surface area contributed by atoms with Crippen LogP contribution in [0.4, 0.5) is 0 Å². The van der Waals surface area contributed by atoms with E-state index in [9.17, 15) is 5.11 Å². The Morgan fingerprint density at radius 1 is 1.25 bits per heavy atom. The van der Waals surface area contributed by atoms with Crippen LogP contribution in [0.3, 0.4) is 0 Å². The molecule has 0 aromatic carbocycles. The van der Waals surface area contributed by atoms with E-state index in [4.69, 9.17) is 9.47 Å². The summed E-state index contributed by atoms with van der Waals surface area (Å²) in [5.41, 5.74) is -0.641. The first-order valence-corrected chi connectivity index (χ1v) is 6.07. The van der Waals surface area contributed by atoms with Gasteiger partial charge in [0.2, 0.25) is 0 Å². The third kappa shape index (κ3) is 2.40. The molecule has 0 amide bonds. The summed E-state index contributed by atoms with van der Waals surface area (Å²) in [7, 11) is 3.26. The van der Waals surface area contributed by atoms with Crippen LogP contribution in [-0.2, 0) is 9.47 Å². The van der Waals surface area contributed by atoms with Crippen molar-refractivity contribution in [3.8, 4) is 0 Å². The molecule has 0 saturated carbocycles. The quantitative estimate of drug-likeness (QED) is 0.707. The van der Waals surface area contributed by atoms with Crippen molar-refractivity contribution in [2.45, 2.75) is 62.5 Å². The van der Waals surface area contributed by atoms with Crippen molar-refractivity contribution in [1.29, 1.82) is 0 Å². The van der Waals surface area contributed by atoms with Crippen molar-refractivity contribution in [2.24, 2.45) is 0 Å². The van der Waals surface area contributed by atoms with Crippen LogP contribution < -0.4 is 5.32 Å². The average Bonchev–Trinajstić information content (AvgIpc) is 2.58. The summed E-state index contributed by atoms with van der Waals surface area (Å²) in [5, 5.41) is 14.2. The Balaban J connectivity index is 2.02. The normalized spacial score (nSPS) is 39.0. The maximum Gasteiger partial charge on any atom is 0.167 e. The summed E-state index contributed by atoms with van der Waals surface area (Å²) in [4.78, 5) is 0. The first kappa shape index (κ1) is 12.3. The van der Waals surface area contributed by atoms with Gasteiger partial charge in [0.25, 0.3) is 0 Å². The van der Waals surface area contributed by atoms with E-state index in [2.05, 4.69) is 5.32 Å². The van der Waals surface area contributed by atoms with Gasteiger partial charge in [-0.1, -0.05) is 0 Å². The Hall–Kier alpha value is -0.160. The Labute approximate surface area is 97.3 Å². The summed E-state index contributed by atoms with van der Waals surface area (Å²) >= 11 is 0. The molecule has 0 aromatic heterocycles. The number of fused-ring (bicyclic) bond motifs is 2. The van der Waals surface area contributed by atoms with Gasteiger partial charge in [-0.2, -0.15) is 0 Å². The Morgan fingerprint density at radius 3 is 2.19 bits per heavy atom. The van der Waals surface area contributed by atoms with Gasteiger partial charge < -0.3 is 19.9 Å². The third-order valence-corrected chi connectivity index (χ3v) is 4.10. The topological polar surface area (TPSA) is 50.7 Å². The molecule has 4 nitrogen and oxygen atoms in total. The maximum absolute atomic E-state index is 10.6. The number of aliphatic hydroxyl groups is 1. The van der Waals surface area contributed by atoms with Crippen LogP contribution in [-0.4, -0.2) is 42.8 Å². The molecule has 2 N–H and O–H groups in total. The van der Waals surface area contributed by atoms with E-state index in [1.807, 2.05) is 6.92 Å². The monoisotopic (exact) mass is 229 g/mol. The molecule has 2 heterocycles. The second kappa shape index (κ2) is 4.26. The van der Waals surface area contributed by atoms with Crippen LogP contribution in [0.25, 0.3) is 0 Å². The highest BCUT2D eigenvalue weighted by Gasteiger charge is 2.46. The predicted octanol–water partition coefficient (Wildman–Crippen LogP) is 1.03. The number of rotatable bonds is 4. The Morgan fingerprint density at radius 2 is 1.75 bits per heavy atom. The number of nitrogens with one attached hydrogen (secondary N) is 1. The lowest BCUT2D eigenvalue weighted by atomic mass is 9.82. The fraction of sp³-hybridized carbons (Fsp3) is 1.00. The maximum atomic E-state index is 10.6. The van der Waals surface area contributed by atoms with Crippen LogP contribution in [0.15, 0.2) is 0 Å². The number of piperidine rings is 1. The van der Waals surface area contributed by atoms with E-state index in [0.29, 0.717) is 18.5 Å². The van der Waals surface area contributed by atoms with Gasteiger partial charge in [0, 0.05) is 32.7 Å². The predicted molar refractivity (Wildman–Crippen MR) is 61.2 cm³/mol. The molecule has 0 aromatic rings. The minimum Gasteiger partial charge on any atom is -0.390 e. The Bertz CT molecular complexity index is 241. The molecule has 2 unspecified atom stereocenters. The van der Waals surface area contributed by atoms with Crippen LogP contribution in [0.2, 0.25) is 0 Å². The molecule has 0 radical (unpaired) electrons. The van der Waals surface area contributed by atoms with Gasteiger partial charge in [-0.3, -0.25) is 0 Å². The van der Waals surface area contributed by atoms with Gasteiger partial charge in [-0.25, -0.2) is 0 Å². The van der Waals surface area contributed by atoms with E-state index in [0.717, 1.165) is 12.8 Å². The van der Waals surface area contributed by atoms with Gasteiger partial charge in [0.15, 0.2) is 5.79 Å². The standard InChI is InChI=1S/C12H23NO3/c1-11(15-2,16-3)8-12(14)6-9-4-5-10(7-12)13-9/h9-10,13-14H,4-8H2,1-3H3. The molecule has 2 fully saturated rings. The van der Waals surface area contributed by atoms with Crippen LogP contribution >= 0.6 is 0 Å². The van der Waals surface area contributed by atoms with Crippen LogP contribution in [0, 0.1) is 0 Å². The second-order valence-corrected chi connectivity index (χ2v) is 5.49. The zero-order chi connectivity index (χ0) is 11.8. The third-order valence-electron chi connectivity index (χ3n) is 4.10. The highest BCUT2D eigenvalue weighted by Crippen LogP contribution is 2.39. The fourth-order valence-electron chi connectivity index (χ4n) is 3.19. The lowest BCUT2D eigenvalue weighted by Gasteiger charge is -2.41. The number of hydrogen-bond donors (Lipinski definition) is 2. The summed E-state index contributed by atoms with van der Waals surface area (Å²) in [6.07, 6.45) is 4.53. The van der Waals surface area contributed by atoms with Crippen molar-refractivity contribution in [1.82, 2.24) is 5.32 Å².